The van der Waals surface area contributed by atoms with Crippen LogP contribution in [0.5, 0.6) is 0 Å². The molecule has 0 bridgehead atoms. The molecule has 1 aromatic rings. The average molecular weight is 349 g/mol. The summed E-state index contributed by atoms with van der Waals surface area (Å²) in [4.78, 5) is 0.109. The summed E-state index contributed by atoms with van der Waals surface area (Å²) in [7, 11) is -2.01. The molecule has 0 spiro atoms. The second-order valence-electron chi connectivity index (χ2n) is 4.61. The van der Waals surface area contributed by atoms with Crippen molar-refractivity contribution < 1.29 is 13.2 Å². The zero-order valence-corrected chi connectivity index (χ0v) is 13.0. The number of benzene rings is 1. The van der Waals surface area contributed by atoms with Gasteiger partial charge in [0.2, 0.25) is 10.0 Å². The monoisotopic (exact) mass is 348 g/mol. The molecule has 3 N–H and O–H groups in total. The molecule has 0 saturated heterocycles. The molecule has 7 heteroatoms. The Hall–Kier alpha value is -0.630. The Kier molecular flexibility index (Phi) is 4.50. The van der Waals surface area contributed by atoms with Gasteiger partial charge in [-0.15, -0.1) is 0 Å². The van der Waals surface area contributed by atoms with E-state index in [-0.39, 0.29) is 22.7 Å². The molecule has 2 unspecified atom stereocenters. The molecule has 0 radical (unpaired) electrons. The first-order valence-electron chi connectivity index (χ1n) is 6.04. The molecular weight excluding hydrogens is 332 g/mol. The van der Waals surface area contributed by atoms with E-state index in [0.29, 0.717) is 0 Å². The third kappa shape index (κ3) is 3.28. The highest BCUT2D eigenvalue weighted by molar-refractivity contribution is 9.10. The lowest BCUT2D eigenvalue weighted by molar-refractivity contribution is 0.0916. The second-order valence-corrected chi connectivity index (χ2v) is 7.21. The van der Waals surface area contributed by atoms with Gasteiger partial charge in [0.05, 0.1) is 11.8 Å². The number of halogens is 1. The van der Waals surface area contributed by atoms with Crippen LogP contribution in [-0.2, 0) is 14.8 Å². The van der Waals surface area contributed by atoms with Gasteiger partial charge in [-0.3, -0.25) is 0 Å². The predicted octanol–water partition coefficient (Wildman–Crippen LogP) is 1.88. The first kappa shape index (κ1) is 14.8. The van der Waals surface area contributed by atoms with E-state index in [1.54, 1.807) is 19.2 Å². The third-order valence-corrected chi connectivity index (χ3v) is 5.38. The highest BCUT2D eigenvalue weighted by Crippen LogP contribution is 2.26. The van der Waals surface area contributed by atoms with Crippen LogP contribution in [0.15, 0.2) is 27.6 Å². The van der Waals surface area contributed by atoms with Crippen molar-refractivity contribution in [2.24, 2.45) is 0 Å². The molecule has 1 aliphatic carbocycles. The number of hydrogen-bond donors (Lipinski definition) is 2. The van der Waals surface area contributed by atoms with E-state index in [1.165, 1.54) is 6.07 Å². The van der Waals surface area contributed by atoms with Crippen LogP contribution >= 0.6 is 15.9 Å². The fraction of sp³-hybridized carbons (Fsp3) is 0.500. The summed E-state index contributed by atoms with van der Waals surface area (Å²) >= 11 is 3.26. The van der Waals surface area contributed by atoms with E-state index in [0.717, 1.165) is 23.7 Å². The Bertz CT molecular complexity index is 562. The van der Waals surface area contributed by atoms with Crippen molar-refractivity contribution >= 4 is 31.6 Å². The van der Waals surface area contributed by atoms with Gasteiger partial charge in [-0.25, -0.2) is 13.1 Å². The van der Waals surface area contributed by atoms with E-state index < -0.39 is 10.0 Å². The van der Waals surface area contributed by atoms with Crippen molar-refractivity contribution in [2.75, 3.05) is 12.8 Å². The van der Waals surface area contributed by atoms with Gasteiger partial charge >= 0.3 is 0 Å². The molecule has 2 rings (SSSR count). The Morgan fingerprint density at radius 2 is 2.16 bits per heavy atom. The number of ether oxygens (including phenoxy) is 1. The molecule has 1 saturated carbocycles. The SMILES string of the molecule is COC1CCCC1NS(=O)(=O)c1ccc(Br)cc1N. The molecule has 1 aromatic carbocycles. The number of rotatable bonds is 4. The molecule has 0 heterocycles. The van der Waals surface area contributed by atoms with Crippen LogP contribution in [0, 0.1) is 0 Å². The van der Waals surface area contributed by atoms with E-state index in [2.05, 4.69) is 20.7 Å². The quantitative estimate of drug-likeness (QED) is 0.814. The van der Waals surface area contributed by atoms with Gasteiger partial charge in [-0.2, -0.15) is 0 Å². The minimum Gasteiger partial charge on any atom is -0.398 e. The molecule has 106 valence electrons. The lowest BCUT2D eigenvalue weighted by atomic mass is 10.2. The Morgan fingerprint density at radius 1 is 1.42 bits per heavy atom. The lowest BCUT2D eigenvalue weighted by Gasteiger charge is -2.20. The van der Waals surface area contributed by atoms with E-state index in [4.69, 9.17) is 10.5 Å². The number of sulfonamides is 1. The number of nitrogen functional groups attached to an aromatic ring is 1. The summed E-state index contributed by atoms with van der Waals surface area (Å²) in [6.07, 6.45) is 2.56. The molecule has 5 nitrogen and oxygen atoms in total. The van der Waals surface area contributed by atoms with Gasteiger partial charge in [-0.05, 0) is 37.5 Å². The van der Waals surface area contributed by atoms with Crippen LogP contribution in [0.25, 0.3) is 0 Å². The van der Waals surface area contributed by atoms with E-state index in [9.17, 15) is 8.42 Å². The van der Waals surface area contributed by atoms with E-state index >= 15 is 0 Å². The first-order chi connectivity index (χ1) is 8.94. The highest BCUT2D eigenvalue weighted by atomic mass is 79.9. The van der Waals surface area contributed by atoms with Crippen molar-refractivity contribution in [3.8, 4) is 0 Å². The molecule has 19 heavy (non-hydrogen) atoms. The average Bonchev–Trinajstić information content (AvgIpc) is 2.74. The largest absolute Gasteiger partial charge is 0.398 e. The summed E-state index contributed by atoms with van der Waals surface area (Å²) < 4.78 is 33.4. The number of anilines is 1. The molecule has 1 fully saturated rings. The zero-order chi connectivity index (χ0) is 14.0. The molecule has 0 aromatic heterocycles. The van der Waals surface area contributed by atoms with Crippen LogP contribution in [0.4, 0.5) is 5.69 Å². The van der Waals surface area contributed by atoms with Crippen LogP contribution in [0.3, 0.4) is 0 Å². The Morgan fingerprint density at radius 3 is 2.79 bits per heavy atom. The smallest absolute Gasteiger partial charge is 0.242 e. The van der Waals surface area contributed by atoms with Gasteiger partial charge in [0.15, 0.2) is 0 Å². The number of nitrogens with two attached hydrogens (primary N) is 1. The van der Waals surface area contributed by atoms with Crippen molar-refractivity contribution in [1.29, 1.82) is 0 Å². The lowest BCUT2D eigenvalue weighted by Crippen LogP contribution is -2.40. The van der Waals surface area contributed by atoms with Crippen LogP contribution in [0.1, 0.15) is 19.3 Å². The van der Waals surface area contributed by atoms with Crippen LogP contribution < -0.4 is 10.5 Å². The maximum absolute atomic E-state index is 12.3. The Labute approximate surface area is 121 Å². The summed E-state index contributed by atoms with van der Waals surface area (Å²) in [5, 5.41) is 0. The maximum Gasteiger partial charge on any atom is 0.242 e. The highest BCUT2D eigenvalue weighted by Gasteiger charge is 2.31. The van der Waals surface area contributed by atoms with Crippen molar-refractivity contribution in [3.63, 3.8) is 0 Å². The molecule has 1 aliphatic rings. The van der Waals surface area contributed by atoms with Gasteiger partial charge in [-0.1, -0.05) is 15.9 Å². The van der Waals surface area contributed by atoms with Gasteiger partial charge < -0.3 is 10.5 Å². The van der Waals surface area contributed by atoms with Crippen molar-refractivity contribution in [2.45, 2.75) is 36.3 Å². The number of methoxy groups -OCH3 is 1. The van der Waals surface area contributed by atoms with Crippen molar-refractivity contribution in [1.82, 2.24) is 4.72 Å². The third-order valence-electron chi connectivity index (χ3n) is 3.32. The van der Waals surface area contributed by atoms with Crippen LogP contribution in [0.2, 0.25) is 0 Å². The Balaban J connectivity index is 2.23. The number of hydrogen-bond acceptors (Lipinski definition) is 4. The van der Waals surface area contributed by atoms with E-state index in [1.807, 2.05) is 0 Å². The van der Waals surface area contributed by atoms with Crippen molar-refractivity contribution in [3.05, 3.63) is 22.7 Å². The molecule has 0 aliphatic heterocycles. The molecular formula is C12H17BrN2O3S. The van der Waals surface area contributed by atoms with Crippen LogP contribution in [-0.4, -0.2) is 27.7 Å². The summed E-state index contributed by atoms with van der Waals surface area (Å²) in [5.74, 6) is 0. The summed E-state index contributed by atoms with van der Waals surface area (Å²) in [6, 6.07) is 4.56. The minimum atomic E-state index is -3.61. The maximum atomic E-state index is 12.3. The second kappa shape index (κ2) is 5.78. The molecule has 0 amide bonds. The van der Waals surface area contributed by atoms with Gasteiger partial charge in [0, 0.05) is 17.6 Å². The molecule has 2 atom stereocenters. The topological polar surface area (TPSA) is 81.4 Å². The zero-order valence-electron chi connectivity index (χ0n) is 10.6. The minimum absolute atomic E-state index is 0.0635. The summed E-state index contributed by atoms with van der Waals surface area (Å²) in [5.41, 5.74) is 6.00. The first-order valence-corrected chi connectivity index (χ1v) is 8.32. The van der Waals surface area contributed by atoms with Gasteiger partial charge in [0.1, 0.15) is 4.90 Å². The fourth-order valence-corrected chi connectivity index (χ4v) is 4.16. The summed E-state index contributed by atoms with van der Waals surface area (Å²) in [6.45, 7) is 0. The number of nitrogens with one attached hydrogen (secondary N) is 1. The predicted molar refractivity (Wildman–Crippen MR) is 77.3 cm³/mol. The normalized spacial score (nSPS) is 23.7. The standard InChI is InChI=1S/C12H17BrN2O3S/c1-18-11-4-2-3-10(11)15-19(16,17)12-6-5-8(13)7-9(12)14/h5-7,10-11,15H,2-4,14H2,1H3. The fourth-order valence-electron chi connectivity index (χ4n) is 2.37. The van der Waals surface area contributed by atoms with Gasteiger partial charge in [0.25, 0.3) is 0 Å².